The summed E-state index contributed by atoms with van der Waals surface area (Å²) < 4.78 is 0. The van der Waals surface area contributed by atoms with Crippen molar-refractivity contribution in [2.75, 3.05) is 0 Å². The lowest BCUT2D eigenvalue weighted by Gasteiger charge is -2.17. The zero-order valence-corrected chi connectivity index (χ0v) is 47.3. The number of hydrogen-bond donors (Lipinski definition) is 0. The van der Waals surface area contributed by atoms with Crippen LogP contribution in [0.5, 0.6) is 0 Å². The lowest BCUT2D eigenvalue weighted by atomic mass is 9.87. The molecule has 15 rings (SSSR count). The topological polar surface area (TPSA) is 127 Å². The van der Waals surface area contributed by atoms with Crippen molar-refractivity contribution < 1.29 is 0 Å². The van der Waals surface area contributed by atoms with Crippen molar-refractivity contribution in [3.63, 3.8) is 0 Å². The molecule has 0 N–H and O–H groups in total. The maximum Gasteiger partial charge on any atom is 0.164 e. The first-order valence-corrected chi connectivity index (χ1v) is 29.0. The van der Waals surface area contributed by atoms with E-state index in [2.05, 4.69) is 174 Å². The molecule has 88 heavy (non-hydrogen) atoms. The molecular weight excluding hydrogens is 1070 g/mol. The first-order chi connectivity index (χ1) is 43.6. The van der Waals surface area contributed by atoms with Gasteiger partial charge in [-0.3, -0.25) is 0 Å². The Bertz CT molecular complexity index is 5050. The van der Waals surface area contributed by atoms with Crippen molar-refractivity contribution >= 4 is 21.5 Å². The summed E-state index contributed by atoms with van der Waals surface area (Å²) in [7, 11) is 0. The van der Waals surface area contributed by atoms with Crippen LogP contribution >= 0.6 is 0 Å². The third-order valence-corrected chi connectivity index (χ3v) is 16.1. The van der Waals surface area contributed by atoms with Crippen molar-refractivity contribution in [3.8, 4) is 141 Å². The van der Waals surface area contributed by atoms with Crippen LogP contribution in [0.4, 0.5) is 0 Å². The molecule has 0 aliphatic rings. The Labute approximate surface area is 508 Å². The van der Waals surface area contributed by atoms with Crippen molar-refractivity contribution in [1.82, 2.24) is 39.9 Å². The van der Waals surface area contributed by atoms with E-state index in [1.165, 1.54) is 5.39 Å². The zero-order chi connectivity index (χ0) is 58.8. The van der Waals surface area contributed by atoms with E-state index in [9.17, 15) is 5.26 Å². The lowest BCUT2D eigenvalue weighted by Crippen LogP contribution is -2.01. The normalized spacial score (nSPS) is 11.2. The molecule has 9 heteroatoms. The van der Waals surface area contributed by atoms with Crippen LogP contribution in [0.3, 0.4) is 0 Å². The first-order valence-electron chi connectivity index (χ1n) is 29.0. The average molecular weight is 1120 g/mol. The monoisotopic (exact) mass is 1120 g/mol. The highest BCUT2D eigenvalue weighted by Crippen LogP contribution is 2.43. The van der Waals surface area contributed by atoms with Gasteiger partial charge in [0, 0.05) is 45.1 Å². The van der Waals surface area contributed by atoms with Gasteiger partial charge in [0.2, 0.25) is 0 Å². The van der Waals surface area contributed by atoms with E-state index in [1.807, 2.05) is 127 Å². The molecule has 0 radical (unpaired) electrons. The fourth-order valence-electron chi connectivity index (χ4n) is 11.7. The van der Waals surface area contributed by atoms with Gasteiger partial charge < -0.3 is 0 Å². The molecule has 0 saturated carbocycles. The summed E-state index contributed by atoms with van der Waals surface area (Å²) in [6.45, 7) is 0. The summed E-state index contributed by atoms with van der Waals surface area (Å²) in [6.07, 6.45) is 3.34. The predicted octanol–water partition coefficient (Wildman–Crippen LogP) is 19.0. The van der Waals surface area contributed by atoms with Gasteiger partial charge in [0.15, 0.2) is 34.9 Å². The third-order valence-electron chi connectivity index (χ3n) is 16.1. The molecule has 0 bridgehead atoms. The molecule has 0 amide bonds. The van der Waals surface area contributed by atoms with Crippen LogP contribution in [-0.2, 0) is 0 Å². The Balaban J connectivity index is 0.815. The third kappa shape index (κ3) is 10.2. The first kappa shape index (κ1) is 52.5. The number of benzene rings is 12. The van der Waals surface area contributed by atoms with Gasteiger partial charge in [0.1, 0.15) is 6.33 Å². The van der Waals surface area contributed by atoms with Crippen molar-refractivity contribution in [3.05, 3.63) is 303 Å². The highest BCUT2D eigenvalue weighted by atomic mass is 15.0. The van der Waals surface area contributed by atoms with Crippen LogP contribution in [-0.4, -0.2) is 39.9 Å². The predicted molar refractivity (Wildman–Crippen MR) is 354 cm³/mol. The number of nitrogens with zero attached hydrogens (tertiary/aromatic N) is 9. The van der Waals surface area contributed by atoms with Crippen LogP contribution in [0.1, 0.15) is 5.56 Å². The molecule has 0 saturated heterocycles. The van der Waals surface area contributed by atoms with Crippen LogP contribution < -0.4 is 0 Å². The zero-order valence-electron chi connectivity index (χ0n) is 47.3. The second kappa shape index (κ2) is 23.1. The van der Waals surface area contributed by atoms with Crippen molar-refractivity contribution in [2.45, 2.75) is 0 Å². The average Bonchev–Trinajstić information content (AvgIpc) is 1.32. The molecule has 410 valence electrons. The Morgan fingerprint density at radius 3 is 1.12 bits per heavy atom. The quantitative estimate of drug-likeness (QED) is 0.117. The lowest BCUT2D eigenvalue weighted by molar-refractivity contribution is 1.07. The fraction of sp³-hybridized carbons (Fsp3) is 0. The largest absolute Gasteiger partial charge is 0.245 e. The standard InChI is InChI=1S/C79H49N9/c80-49-51-32-34-54(35-33-51)72-48-60(44-45-69(72)67-28-14-30-68-66(67)29-15-31-71(68)79-86-74(56-16-4-1-5-17-56)83-75(87-79)57-18-6-2-7-19-57)63-22-10-11-23-70(63)78-85-76(58-20-8-3-9-21-58)84-77(88-78)59-42-38-53(39-43-59)62-25-13-26-64-61(24-12-27-65(62)64)52-36-40-55(41-37-52)73-46-47-81-50-82-73/h1-48,50H. The summed E-state index contributed by atoms with van der Waals surface area (Å²) in [5.74, 6) is 3.46. The van der Waals surface area contributed by atoms with Gasteiger partial charge in [0.05, 0.1) is 17.3 Å². The van der Waals surface area contributed by atoms with Gasteiger partial charge >= 0.3 is 0 Å². The van der Waals surface area contributed by atoms with Gasteiger partial charge in [-0.25, -0.2) is 39.9 Å². The van der Waals surface area contributed by atoms with E-state index in [-0.39, 0.29) is 0 Å². The molecule has 3 heterocycles. The van der Waals surface area contributed by atoms with E-state index >= 15 is 0 Å². The summed E-state index contributed by atoms with van der Waals surface area (Å²) in [6, 6.07) is 100. The highest BCUT2D eigenvalue weighted by Gasteiger charge is 2.21. The molecule has 0 fully saturated rings. The van der Waals surface area contributed by atoms with Crippen LogP contribution in [0.25, 0.3) is 157 Å². The van der Waals surface area contributed by atoms with Crippen molar-refractivity contribution in [1.29, 1.82) is 5.26 Å². The highest BCUT2D eigenvalue weighted by molar-refractivity contribution is 6.07. The molecule has 12 aromatic carbocycles. The molecule has 3 aromatic heterocycles. The van der Waals surface area contributed by atoms with Crippen LogP contribution in [0.15, 0.2) is 298 Å². The Morgan fingerprint density at radius 1 is 0.239 bits per heavy atom. The second-order valence-electron chi connectivity index (χ2n) is 21.4. The SMILES string of the molecule is N#Cc1ccc(-c2cc(-c3ccccc3-c3nc(-c4ccccc4)nc(-c4ccc(-c5cccc6c(-c7ccc(-c8ccncn8)cc7)cccc56)cc4)n3)ccc2-c2cccc3c(-c4nc(-c5ccccc5)nc(-c5ccccc5)n4)cccc23)cc1. The van der Waals surface area contributed by atoms with Crippen LogP contribution in [0.2, 0.25) is 0 Å². The molecule has 0 aliphatic carbocycles. The van der Waals surface area contributed by atoms with Gasteiger partial charge in [-0.1, -0.05) is 261 Å². The molecule has 0 atom stereocenters. The summed E-state index contributed by atoms with van der Waals surface area (Å²) >= 11 is 0. The molecule has 0 unspecified atom stereocenters. The van der Waals surface area contributed by atoms with Gasteiger partial charge in [-0.05, 0) is 101 Å². The molecule has 15 aromatic rings. The maximum atomic E-state index is 9.93. The maximum absolute atomic E-state index is 9.93. The van der Waals surface area contributed by atoms with E-state index in [0.29, 0.717) is 40.5 Å². The van der Waals surface area contributed by atoms with Gasteiger partial charge in [-0.2, -0.15) is 5.26 Å². The summed E-state index contributed by atoms with van der Waals surface area (Å²) in [5.41, 5.74) is 18.2. The minimum absolute atomic E-state index is 0.546. The number of rotatable bonds is 12. The Morgan fingerprint density at radius 2 is 0.614 bits per heavy atom. The van der Waals surface area contributed by atoms with E-state index in [4.69, 9.17) is 29.9 Å². The fourth-order valence-corrected chi connectivity index (χ4v) is 11.7. The summed E-state index contributed by atoms with van der Waals surface area (Å²) in [5, 5.41) is 14.3. The molecular formula is C79H49N9. The molecule has 0 aliphatic heterocycles. The van der Waals surface area contributed by atoms with E-state index < -0.39 is 0 Å². The number of hydrogen-bond acceptors (Lipinski definition) is 9. The van der Waals surface area contributed by atoms with Crippen molar-refractivity contribution in [2.24, 2.45) is 0 Å². The summed E-state index contributed by atoms with van der Waals surface area (Å²) in [4.78, 5) is 39.5. The van der Waals surface area contributed by atoms with E-state index in [0.717, 1.165) is 116 Å². The Kier molecular flexibility index (Phi) is 13.8. The minimum atomic E-state index is 0.546. The number of nitriles is 1. The number of aromatic nitrogens is 8. The molecule has 9 nitrogen and oxygen atoms in total. The Hall–Kier alpha value is -12.3. The molecule has 0 spiro atoms. The van der Waals surface area contributed by atoms with Crippen LogP contribution in [0, 0.1) is 11.3 Å². The minimum Gasteiger partial charge on any atom is -0.245 e. The smallest absolute Gasteiger partial charge is 0.164 e. The second-order valence-corrected chi connectivity index (χ2v) is 21.4. The number of fused-ring (bicyclic) bond motifs is 2. The van der Waals surface area contributed by atoms with E-state index in [1.54, 1.807) is 12.5 Å². The van der Waals surface area contributed by atoms with Gasteiger partial charge in [-0.15, -0.1) is 0 Å². The van der Waals surface area contributed by atoms with Gasteiger partial charge in [0.25, 0.3) is 0 Å².